The molecule has 3 rings (SSSR count). The smallest absolute Gasteiger partial charge is 0.0311 e. The molecule has 23 heavy (non-hydrogen) atoms. The summed E-state index contributed by atoms with van der Waals surface area (Å²) in [5, 5.41) is 0. The van der Waals surface area contributed by atoms with Gasteiger partial charge in [-0.3, -0.25) is 0 Å². The maximum Gasteiger partial charge on any atom is 0.0311 e. The summed E-state index contributed by atoms with van der Waals surface area (Å²) in [7, 11) is 2.11. The summed E-state index contributed by atoms with van der Waals surface area (Å²) in [6.07, 6.45) is 18.7. The summed E-state index contributed by atoms with van der Waals surface area (Å²) >= 11 is 7.17. The van der Waals surface area contributed by atoms with Gasteiger partial charge in [-0.15, -0.1) is 0 Å². The van der Waals surface area contributed by atoms with E-state index >= 15 is 0 Å². The molecule has 1 heterocycles. The second kappa shape index (κ2) is 11.1. The fraction of sp³-hybridized carbons (Fsp3) is 0.824. The van der Waals surface area contributed by atoms with Gasteiger partial charge >= 0.3 is 96.3 Å². The van der Waals surface area contributed by atoms with Crippen LogP contribution in [0, 0.1) is 9.72 Å². The van der Waals surface area contributed by atoms with E-state index in [4.69, 9.17) is 0 Å². The average Bonchev–Trinajstić information content (AvgIpc) is 2.89. The van der Waals surface area contributed by atoms with Crippen molar-refractivity contribution in [3.8, 4) is 0 Å². The fourth-order valence-electron chi connectivity index (χ4n) is 3.55. The Morgan fingerprint density at radius 2 is 1.57 bits per heavy atom. The Labute approximate surface area is 180 Å². The molecule has 2 saturated carbocycles. The Morgan fingerprint density at radius 3 is 2.00 bits per heavy atom. The van der Waals surface area contributed by atoms with Crippen LogP contribution in [-0.2, 0) is 32.9 Å². The second-order valence-electron chi connectivity index (χ2n) is 6.86. The van der Waals surface area contributed by atoms with Crippen molar-refractivity contribution in [3.05, 3.63) is 16.2 Å². The number of aromatic nitrogens is 2. The van der Waals surface area contributed by atoms with Gasteiger partial charge in [-0.2, -0.15) is 1.33 Å². The van der Waals surface area contributed by atoms with E-state index in [1.807, 2.05) is 0 Å². The van der Waals surface area contributed by atoms with Crippen molar-refractivity contribution in [1.29, 1.82) is 0 Å². The molecular weight excluding hydrogens is 695 g/mol. The third kappa shape index (κ3) is 7.22. The van der Waals surface area contributed by atoms with Crippen LogP contribution in [0.4, 0.5) is 0 Å². The Kier molecular flexibility index (Phi) is 9.97. The predicted octanol–water partition coefficient (Wildman–Crippen LogP) is 5.81. The van der Waals surface area contributed by atoms with Crippen LogP contribution in [0.25, 0.3) is 0 Å². The minimum atomic E-state index is 0.861. The van der Waals surface area contributed by atoms with Crippen LogP contribution in [0.15, 0.2) is 12.4 Å². The molecule has 2 fully saturated rings. The fourth-order valence-corrected chi connectivity index (χ4v) is 5.21. The van der Waals surface area contributed by atoms with Gasteiger partial charge in [0.25, 0.3) is 0 Å². The van der Waals surface area contributed by atoms with E-state index in [2.05, 4.69) is 95.0 Å². The van der Waals surface area contributed by atoms with E-state index in [1.54, 1.807) is 0 Å². The SMILES string of the molecule is Cn1ccn(CC2CCCCC2)[c]1=[Pt].IN(I)C1CCCCC1. The molecule has 0 aliphatic heterocycles. The summed E-state index contributed by atoms with van der Waals surface area (Å²) in [6.45, 7) is 1.22. The molecule has 0 bridgehead atoms. The van der Waals surface area contributed by atoms with Gasteiger partial charge in [-0.05, 0) is 12.8 Å². The largest absolute Gasteiger partial charge is 0.185 e. The molecule has 0 aromatic carbocycles. The van der Waals surface area contributed by atoms with Gasteiger partial charge in [0.1, 0.15) is 0 Å². The van der Waals surface area contributed by atoms with Crippen molar-refractivity contribution in [2.45, 2.75) is 76.8 Å². The molecule has 1 aromatic heterocycles. The van der Waals surface area contributed by atoms with Crippen LogP contribution in [0.1, 0.15) is 64.2 Å². The van der Waals surface area contributed by atoms with Gasteiger partial charge in [-0.1, -0.05) is 19.3 Å². The van der Waals surface area contributed by atoms with Crippen molar-refractivity contribution < 1.29 is 19.4 Å². The Hall–Kier alpha value is 1.32. The number of aryl methyl sites for hydroxylation is 1. The van der Waals surface area contributed by atoms with E-state index < -0.39 is 0 Å². The van der Waals surface area contributed by atoms with Crippen molar-refractivity contribution in [2.75, 3.05) is 0 Å². The Bertz CT molecular complexity index is 500. The zero-order chi connectivity index (χ0) is 16.7. The van der Waals surface area contributed by atoms with E-state index in [-0.39, 0.29) is 0 Å². The van der Waals surface area contributed by atoms with Crippen LogP contribution in [0.3, 0.4) is 0 Å². The molecule has 0 saturated heterocycles. The van der Waals surface area contributed by atoms with E-state index in [0.29, 0.717) is 0 Å². The molecule has 136 valence electrons. The van der Waals surface area contributed by atoms with E-state index in [9.17, 15) is 0 Å². The summed E-state index contributed by atoms with van der Waals surface area (Å²) < 4.78 is 8.21. The molecule has 3 nitrogen and oxygen atoms in total. The quantitative estimate of drug-likeness (QED) is 0.284. The number of nitrogens with zero attached hydrogens (tertiary/aromatic N) is 3. The first-order chi connectivity index (χ1) is 11.1. The molecule has 1 aromatic rings. The topological polar surface area (TPSA) is 13.1 Å². The van der Waals surface area contributed by atoms with Crippen LogP contribution in [0.2, 0.25) is 0 Å². The van der Waals surface area contributed by atoms with Gasteiger partial charge < -0.3 is 0 Å². The summed E-state index contributed by atoms with van der Waals surface area (Å²) in [5.74, 6) is 0.921. The van der Waals surface area contributed by atoms with Gasteiger partial charge in [-0.25, -0.2) is 0 Å². The van der Waals surface area contributed by atoms with Crippen molar-refractivity contribution in [3.63, 3.8) is 0 Å². The maximum atomic E-state index is 2.41. The first-order valence-corrected chi connectivity index (χ1v) is 11.9. The van der Waals surface area contributed by atoms with Crippen LogP contribution >= 0.6 is 45.7 Å². The van der Waals surface area contributed by atoms with Crippen molar-refractivity contribution in [1.82, 2.24) is 10.5 Å². The number of hydrogen-bond acceptors (Lipinski definition) is 1. The molecule has 6 heteroatoms. The first-order valence-electron chi connectivity index (χ1n) is 8.86. The zero-order valence-electron chi connectivity index (χ0n) is 14.0. The van der Waals surface area contributed by atoms with E-state index in [1.165, 1.54) is 74.6 Å². The van der Waals surface area contributed by atoms with Crippen LogP contribution < -0.4 is 0 Å². The molecule has 0 atom stereocenters. The Morgan fingerprint density at radius 1 is 1.00 bits per heavy atom. The predicted molar refractivity (Wildman–Crippen MR) is 110 cm³/mol. The third-order valence-corrected chi connectivity index (χ3v) is 8.02. The first kappa shape index (κ1) is 20.6. The number of hydrogen-bond donors (Lipinski definition) is 0. The van der Waals surface area contributed by atoms with Gasteiger partial charge in [0.2, 0.25) is 0 Å². The standard InChI is InChI=1S/C11H18N2.C6H11I2N.Pt/c1-12-7-8-13(10-12)9-11-5-3-2-4-6-11;7-9(8)6-4-2-1-3-5-6;/h7-8,11H,2-6,9H2,1H3;6H,1-5H2;. The number of rotatable bonds is 3. The Balaban J connectivity index is 0.000000185. The normalized spacial score (nSPS) is 20.4. The van der Waals surface area contributed by atoms with Gasteiger partial charge in [0, 0.05) is 51.8 Å². The minimum Gasteiger partial charge on any atom is -0.185 e. The van der Waals surface area contributed by atoms with Crippen LogP contribution in [-0.4, -0.2) is 16.5 Å². The molecular formula is C17H29I2N3Pt. The maximum absolute atomic E-state index is 2.41. The average molecular weight is 724 g/mol. The third-order valence-electron chi connectivity index (χ3n) is 4.99. The molecule has 0 spiro atoms. The molecule has 0 N–H and O–H groups in total. The zero-order valence-corrected chi connectivity index (χ0v) is 20.6. The molecule has 0 unspecified atom stereocenters. The van der Waals surface area contributed by atoms with Gasteiger partial charge in [0.15, 0.2) is 0 Å². The molecule has 0 radical (unpaired) electrons. The van der Waals surface area contributed by atoms with Crippen molar-refractivity contribution in [2.24, 2.45) is 13.0 Å². The molecule has 2 aliphatic carbocycles. The summed E-state index contributed by atoms with van der Waals surface area (Å²) in [4.78, 5) is 0. The van der Waals surface area contributed by atoms with Crippen LogP contribution in [0.5, 0.6) is 0 Å². The number of halogens is 2. The molecule has 2 aliphatic rings. The van der Waals surface area contributed by atoms with Crippen molar-refractivity contribution >= 4 is 45.7 Å². The minimum absolute atomic E-state index is 0.861. The van der Waals surface area contributed by atoms with E-state index in [0.717, 1.165) is 12.0 Å². The van der Waals surface area contributed by atoms with Gasteiger partial charge in [0.05, 0.1) is 0 Å². The second-order valence-corrected chi connectivity index (χ2v) is 11.8. The molecule has 0 amide bonds. The number of imidazole rings is 1. The monoisotopic (exact) mass is 724 g/mol. The summed E-state index contributed by atoms with van der Waals surface area (Å²) in [6, 6.07) is 0.861. The summed E-state index contributed by atoms with van der Waals surface area (Å²) in [5.41, 5.74) is 0.